The molecule has 7 nitrogen and oxygen atoms in total. The molecule has 0 unspecified atom stereocenters. The number of rotatable bonds is 8. The van der Waals surface area contributed by atoms with E-state index in [1.165, 1.54) is 45.9 Å². The number of nitrogens with zero attached hydrogens (tertiary/aromatic N) is 2. The first-order valence-corrected chi connectivity index (χ1v) is 14.1. The Bertz CT molecular complexity index is 1410. The van der Waals surface area contributed by atoms with Crippen molar-refractivity contribution in [1.29, 1.82) is 0 Å². The molecule has 0 amide bonds. The standard InChI is InChI=1S/C32H35FN2O5/c1-18(32(37)38)31(36)21-4-3-19-6-12-28(40-29(19)14-21)20-5-11-25(26-15-30(39-2)34-16-27(26)33)22(13-20)17-35-23-7-8-24(35)10-9-23/h3-5,11,13-16,18,23-24,28,31,36H,6-10,12,17H2,1-2H3,(H,37,38)/t18-,23?,24?,28-,31+/m0/s1. The number of aliphatic hydroxyl groups excluding tert-OH is 1. The number of carboxylic acid groups (broad SMARTS) is 1. The van der Waals surface area contributed by atoms with Crippen molar-refractivity contribution in [3.05, 3.63) is 76.7 Å². The molecule has 3 aliphatic rings. The summed E-state index contributed by atoms with van der Waals surface area (Å²) in [7, 11) is 1.53. The van der Waals surface area contributed by atoms with Crippen LogP contribution in [-0.2, 0) is 17.8 Å². The summed E-state index contributed by atoms with van der Waals surface area (Å²) in [6.07, 6.45) is 6.33. The predicted octanol–water partition coefficient (Wildman–Crippen LogP) is 5.84. The number of benzene rings is 2. The van der Waals surface area contributed by atoms with E-state index in [2.05, 4.69) is 16.0 Å². The predicted molar refractivity (Wildman–Crippen MR) is 148 cm³/mol. The van der Waals surface area contributed by atoms with Gasteiger partial charge >= 0.3 is 5.97 Å². The second kappa shape index (κ2) is 10.8. The van der Waals surface area contributed by atoms with E-state index >= 15 is 4.39 Å². The first-order valence-electron chi connectivity index (χ1n) is 14.1. The van der Waals surface area contributed by atoms with Gasteiger partial charge in [0.15, 0.2) is 0 Å². The van der Waals surface area contributed by atoms with Crippen LogP contribution in [0, 0.1) is 11.7 Å². The van der Waals surface area contributed by atoms with Crippen molar-refractivity contribution in [2.24, 2.45) is 5.92 Å². The maximum Gasteiger partial charge on any atom is 0.309 e. The minimum Gasteiger partial charge on any atom is -0.485 e. The van der Waals surface area contributed by atoms with Gasteiger partial charge in [-0.15, -0.1) is 0 Å². The average molecular weight is 547 g/mol. The highest BCUT2D eigenvalue weighted by Crippen LogP contribution is 2.42. The van der Waals surface area contributed by atoms with Gasteiger partial charge in [-0.3, -0.25) is 9.69 Å². The SMILES string of the molecule is COc1cc(-c2ccc([C@@H]3CCc4ccc([C@H](O)[C@H](C)C(=O)O)cc4O3)cc2CN2C3CCC2CC3)c(F)cn1. The van der Waals surface area contributed by atoms with Crippen LogP contribution in [0.2, 0.25) is 0 Å². The molecular formula is C32H35FN2O5. The fraction of sp³-hybridized carbons (Fsp3) is 0.438. The number of fused-ring (bicyclic) bond motifs is 3. The van der Waals surface area contributed by atoms with Gasteiger partial charge in [0.05, 0.1) is 25.3 Å². The number of halogens is 1. The maximum atomic E-state index is 15.1. The fourth-order valence-electron chi connectivity index (χ4n) is 6.65. The molecule has 8 heteroatoms. The minimum absolute atomic E-state index is 0.211. The third-order valence-electron chi connectivity index (χ3n) is 9.03. The number of aryl methyl sites for hydroxylation is 1. The Kier molecular flexibility index (Phi) is 7.23. The summed E-state index contributed by atoms with van der Waals surface area (Å²) < 4.78 is 26.8. The molecule has 2 bridgehead atoms. The molecule has 0 aliphatic carbocycles. The molecule has 3 atom stereocenters. The second-order valence-corrected chi connectivity index (χ2v) is 11.3. The van der Waals surface area contributed by atoms with Crippen LogP contribution < -0.4 is 9.47 Å². The van der Waals surface area contributed by atoms with Crippen molar-refractivity contribution in [1.82, 2.24) is 9.88 Å². The van der Waals surface area contributed by atoms with Crippen molar-refractivity contribution in [3.8, 4) is 22.8 Å². The topological polar surface area (TPSA) is 92.1 Å². The molecule has 3 aromatic rings. The minimum atomic E-state index is -1.12. The third kappa shape index (κ3) is 4.95. The summed E-state index contributed by atoms with van der Waals surface area (Å²) >= 11 is 0. The fourth-order valence-corrected chi connectivity index (χ4v) is 6.65. The van der Waals surface area contributed by atoms with E-state index in [1.54, 1.807) is 18.2 Å². The molecule has 0 saturated carbocycles. The van der Waals surface area contributed by atoms with Crippen LogP contribution in [0.25, 0.3) is 11.1 Å². The lowest BCUT2D eigenvalue weighted by molar-refractivity contribution is -0.145. The highest BCUT2D eigenvalue weighted by atomic mass is 19.1. The first kappa shape index (κ1) is 26.7. The summed E-state index contributed by atoms with van der Waals surface area (Å²) in [5.74, 6) is -1.33. The molecule has 2 N–H and O–H groups in total. The Labute approximate surface area is 233 Å². The van der Waals surface area contributed by atoms with E-state index in [0.29, 0.717) is 34.8 Å². The van der Waals surface area contributed by atoms with Crippen LogP contribution >= 0.6 is 0 Å². The number of methoxy groups -OCH3 is 1. The van der Waals surface area contributed by atoms with Gasteiger partial charge in [-0.1, -0.05) is 30.3 Å². The molecule has 0 spiro atoms. The second-order valence-electron chi connectivity index (χ2n) is 11.3. The Hall–Kier alpha value is -3.49. The van der Waals surface area contributed by atoms with Gasteiger partial charge in [-0.05, 0) is 79.3 Å². The largest absolute Gasteiger partial charge is 0.485 e. The van der Waals surface area contributed by atoms with E-state index in [9.17, 15) is 15.0 Å². The molecule has 0 radical (unpaired) electrons. The molecule has 40 heavy (non-hydrogen) atoms. The van der Waals surface area contributed by atoms with Crippen molar-refractivity contribution < 1.29 is 28.9 Å². The first-order chi connectivity index (χ1) is 19.3. The van der Waals surface area contributed by atoms with E-state index in [-0.39, 0.29) is 11.9 Å². The Morgan fingerprint density at radius 2 is 1.85 bits per heavy atom. The van der Waals surface area contributed by atoms with Gasteiger partial charge in [-0.2, -0.15) is 0 Å². The monoisotopic (exact) mass is 546 g/mol. The molecule has 6 rings (SSSR count). The number of carbonyl (C=O) groups is 1. The van der Waals surface area contributed by atoms with Crippen LogP contribution in [0.5, 0.6) is 11.6 Å². The van der Waals surface area contributed by atoms with Gasteiger partial charge in [0.25, 0.3) is 0 Å². The number of aromatic nitrogens is 1. The molecule has 2 fully saturated rings. The van der Waals surface area contributed by atoms with Crippen LogP contribution in [0.15, 0.2) is 48.7 Å². The summed E-state index contributed by atoms with van der Waals surface area (Å²) in [6.45, 7) is 2.24. The van der Waals surface area contributed by atoms with Crippen LogP contribution in [0.4, 0.5) is 4.39 Å². The van der Waals surface area contributed by atoms with Crippen molar-refractivity contribution in [2.45, 2.75) is 76.3 Å². The molecular weight excluding hydrogens is 511 g/mol. The van der Waals surface area contributed by atoms with Gasteiger partial charge in [0, 0.05) is 30.3 Å². The van der Waals surface area contributed by atoms with Gasteiger partial charge < -0.3 is 19.7 Å². The van der Waals surface area contributed by atoms with E-state index in [1.807, 2.05) is 18.2 Å². The van der Waals surface area contributed by atoms with Crippen LogP contribution in [-0.4, -0.2) is 45.3 Å². The van der Waals surface area contributed by atoms with Crippen LogP contribution in [0.3, 0.4) is 0 Å². The number of carboxylic acids is 1. The molecule has 1 aromatic heterocycles. The number of aliphatic hydroxyl groups is 1. The average Bonchev–Trinajstić information content (AvgIpc) is 3.55. The van der Waals surface area contributed by atoms with Crippen molar-refractivity contribution in [3.63, 3.8) is 0 Å². The molecule has 3 aliphatic heterocycles. The number of ether oxygens (including phenoxy) is 2. The van der Waals surface area contributed by atoms with E-state index in [4.69, 9.17) is 9.47 Å². The summed E-state index contributed by atoms with van der Waals surface area (Å²) in [6, 6.07) is 14.4. The number of hydrogen-bond donors (Lipinski definition) is 2. The lowest BCUT2D eigenvalue weighted by Gasteiger charge is -2.29. The third-order valence-corrected chi connectivity index (χ3v) is 9.03. The number of aliphatic carboxylic acids is 1. The summed E-state index contributed by atoms with van der Waals surface area (Å²) in [5.41, 5.74) is 4.93. The number of pyridine rings is 1. The Morgan fingerprint density at radius 1 is 1.10 bits per heavy atom. The lowest BCUT2D eigenvalue weighted by atomic mass is 9.91. The lowest BCUT2D eigenvalue weighted by Crippen LogP contribution is -2.28. The Morgan fingerprint density at radius 3 is 2.55 bits per heavy atom. The zero-order chi connectivity index (χ0) is 28.0. The quantitative estimate of drug-likeness (QED) is 0.367. The molecule has 2 saturated heterocycles. The van der Waals surface area contributed by atoms with E-state index in [0.717, 1.165) is 41.6 Å². The summed E-state index contributed by atoms with van der Waals surface area (Å²) in [4.78, 5) is 18.0. The zero-order valence-electron chi connectivity index (χ0n) is 22.8. The number of hydrogen-bond acceptors (Lipinski definition) is 6. The molecule has 2 aromatic carbocycles. The highest BCUT2D eigenvalue weighted by Gasteiger charge is 2.39. The smallest absolute Gasteiger partial charge is 0.309 e. The molecule has 4 heterocycles. The highest BCUT2D eigenvalue weighted by molar-refractivity contribution is 5.71. The van der Waals surface area contributed by atoms with Crippen molar-refractivity contribution in [2.75, 3.05) is 7.11 Å². The van der Waals surface area contributed by atoms with Gasteiger partial charge in [0.2, 0.25) is 5.88 Å². The van der Waals surface area contributed by atoms with Gasteiger partial charge in [-0.25, -0.2) is 9.37 Å². The summed E-state index contributed by atoms with van der Waals surface area (Å²) in [5, 5.41) is 19.9. The van der Waals surface area contributed by atoms with E-state index < -0.39 is 18.0 Å². The Balaban J connectivity index is 1.33. The zero-order valence-corrected chi connectivity index (χ0v) is 22.8. The molecule has 210 valence electrons. The van der Waals surface area contributed by atoms with Crippen molar-refractivity contribution >= 4 is 5.97 Å². The van der Waals surface area contributed by atoms with Crippen LogP contribution in [0.1, 0.15) is 73.5 Å². The normalized spacial score (nSPS) is 23.4. The maximum absolute atomic E-state index is 15.1. The van der Waals surface area contributed by atoms with Gasteiger partial charge in [0.1, 0.15) is 17.7 Å².